The number of hydrogen-bond donors (Lipinski definition) is 0. The van der Waals surface area contributed by atoms with Gasteiger partial charge < -0.3 is 0 Å². The van der Waals surface area contributed by atoms with Crippen molar-refractivity contribution in [3.05, 3.63) is 52.5 Å². The van der Waals surface area contributed by atoms with Crippen molar-refractivity contribution < 1.29 is 4.79 Å². The van der Waals surface area contributed by atoms with E-state index < -0.39 is 0 Å². The average Bonchev–Trinajstić information content (AvgIpc) is 2.19. The van der Waals surface area contributed by atoms with E-state index in [4.69, 9.17) is 0 Å². The molecule has 0 bridgehead atoms. The third-order valence-electron chi connectivity index (χ3n) is 1.46. The second kappa shape index (κ2) is 5.49. The highest BCUT2D eigenvalue weighted by Crippen LogP contribution is 2.04. The van der Waals surface area contributed by atoms with Crippen LogP contribution in [-0.2, 0) is 4.79 Å². The van der Waals surface area contributed by atoms with Gasteiger partial charge in [-0.05, 0) is 27.6 Å². The highest BCUT2D eigenvalue weighted by atomic mass is 79.9. The van der Waals surface area contributed by atoms with Gasteiger partial charge in [0.2, 0.25) is 0 Å². The highest BCUT2D eigenvalue weighted by Gasteiger charge is 1.83. The lowest BCUT2D eigenvalue weighted by Gasteiger charge is -1.88. The van der Waals surface area contributed by atoms with E-state index in [0.717, 1.165) is 11.8 Å². The topological polar surface area (TPSA) is 17.1 Å². The van der Waals surface area contributed by atoms with Gasteiger partial charge in [0.05, 0.1) is 4.48 Å². The maximum atomic E-state index is 10.2. The van der Waals surface area contributed by atoms with Crippen molar-refractivity contribution in [2.75, 3.05) is 0 Å². The number of allylic oxidation sites excluding steroid dienone is 3. The van der Waals surface area contributed by atoms with E-state index in [-0.39, 0.29) is 0 Å². The first-order valence-corrected chi connectivity index (χ1v) is 4.66. The van der Waals surface area contributed by atoms with Crippen LogP contribution >= 0.6 is 15.9 Å². The Hall–Kier alpha value is -1.15. The van der Waals surface area contributed by atoms with Gasteiger partial charge in [-0.1, -0.05) is 42.5 Å². The predicted molar refractivity (Wildman–Crippen MR) is 58.6 cm³/mol. The fourth-order valence-electron chi connectivity index (χ4n) is 0.855. The van der Waals surface area contributed by atoms with Crippen LogP contribution in [0.3, 0.4) is 0 Å². The summed E-state index contributed by atoms with van der Waals surface area (Å²) in [6, 6.07) is 9.91. The molecule has 0 aromatic heterocycles. The Morgan fingerprint density at radius 1 is 1.23 bits per heavy atom. The van der Waals surface area contributed by atoms with Crippen molar-refractivity contribution in [3.63, 3.8) is 0 Å². The van der Waals surface area contributed by atoms with Crippen LogP contribution < -0.4 is 0 Å². The largest absolute Gasteiger partial charge is 0.297 e. The van der Waals surface area contributed by atoms with Crippen LogP contribution in [-0.4, -0.2) is 6.29 Å². The molecule has 1 nitrogen and oxygen atoms in total. The maximum absolute atomic E-state index is 10.2. The SMILES string of the molecule is O=C/C(Br)=C/C=C/c1ccccc1. The van der Waals surface area contributed by atoms with Crippen LogP contribution in [0, 0.1) is 0 Å². The van der Waals surface area contributed by atoms with Crippen LogP contribution in [0.4, 0.5) is 0 Å². The Balaban J connectivity index is 2.65. The lowest BCUT2D eigenvalue weighted by atomic mass is 10.2. The molecule has 1 aromatic rings. The smallest absolute Gasteiger partial charge is 0.156 e. The van der Waals surface area contributed by atoms with Crippen molar-refractivity contribution in [2.45, 2.75) is 0 Å². The minimum absolute atomic E-state index is 0.541. The molecule has 0 unspecified atom stereocenters. The fourth-order valence-corrected chi connectivity index (χ4v) is 1.01. The molecule has 1 aromatic carbocycles. The maximum Gasteiger partial charge on any atom is 0.156 e. The summed E-state index contributed by atoms with van der Waals surface area (Å²) in [5, 5.41) is 0. The molecule has 0 amide bonds. The lowest BCUT2D eigenvalue weighted by Crippen LogP contribution is -1.69. The van der Waals surface area contributed by atoms with Crippen LogP contribution in [0.25, 0.3) is 6.08 Å². The number of aldehydes is 1. The van der Waals surface area contributed by atoms with Crippen LogP contribution in [0.2, 0.25) is 0 Å². The van der Waals surface area contributed by atoms with Gasteiger partial charge >= 0.3 is 0 Å². The van der Waals surface area contributed by atoms with Gasteiger partial charge in [0.25, 0.3) is 0 Å². The van der Waals surface area contributed by atoms with Gasteiger partial charge in [-0.15, -0.1) is 0 Å². The number of benzene rings is 1. The molecule has 0 radical (unpaired) electrons. The monoisotopic (exact) mass is 236 g/mol. The van der Waals surface area contributed by atoms with Crippen molar-refractivity contribution in [2.24, 2.45) is 0 Å². The quantitative estimate of drug-likeness (QED) is 0.448. The van der Waals surface area contributed by atoms with E-state index in [9.17, 15) is 4.79 Å². The van der Waals surface area contributed by atoms with Crippen LogP contribution in [0.15, 0.2) is 47.0 Å². The zero-order valence-corrected chi connectivity index (χ0v) is 8.57. The van der Waals surface area contributed by atoms with Gasteiger partial charge in [0.1, 0.15) is 0 Å². The minimum atomic E-state index is 0.541. The molecular formula is C11H9BrO. The molecule has 0 fully saturated rings. The zero-order chi connectivity index (χ0) is 9.52. The minimum Gasteiger partial charge on any atom is -0.297 e. The highest BCUT2D eigenvalue weighted by molar-refractivity contribution is 9.12. The summed E-state index contributed by atoms with van der Waals surface area (Å²) in [7, 11) is 0. The molecule has 0 saturated carbocycles. The normalized spacial score (nSPS) is 11.9. The molecular weight excluding hydrogens is 228 g/mol. The summed E-state index contributed by atoms with van der Waals surface area (Å²) >= 11 is 3.09. The van der Waals surface area contributed by atoms with E-state index in [2.05, 4.69) is 15.9 Å². The number of carbonyl (C=O) groups is 1. The Morgan fingerprint density at radius 2 is 1.92 bits per heavy atom. The van der Waals surface area contributed by atoms with E-state index >= 15 is 0 Å². The molecule has 1 rings (SSSR count). The molecule has 2 heteroatoms. The zero-order valence-electron chi connectivity index (χ0n) is 6.98. The molecule has 0 aliphatic carbocycles. The van der Waals surface area contributed by atoms with E-state index in [0.29, 0.717) is 4.48 Å². The third-order valence-corrected chi connectivity index (χ3v) is 1.91. The summed E-state index contributed by atoms with van der Waals surface area (Å²) in [6.45, 7) is 0. The van der Waals surface area contributed by atoms with Gasteiger partial charge in [0.15, 0.2) is 6.29 Å². The Labute approximate surface area is 85.9 Å². The van der Waals surface area contributed by atoms with Crippen molar-refractivity contribution >= 4 is 28.3 Å². The van der Waals surface area contributed by atoms with Crippen LogP contribution in [0.5, 0.6) is 0 Å². The van der Waals surface area contributed by atoms with Gasteiger partial charge in [-0.2, -0.15) is 0 Å². The number of hydrogen-bond acceptors (Lipinski definition) is 1. The van der Waals surface area contributed by atoms with Crippen molar-refractivity contribution in [1.82, 2.24) is 0 Å². The molecule has 0 aliphatic heterocycles. The molecule has 0 aliphatic rings. The Morgan fingerprint density at radius 3 is 2.54 bits per heavy atom. The third kappa shape index (κ3) is 3.85. The summed E-state index contributed by atoms with van der Waals surface area (Å²) < 4.78 is 0.541. The number of rotatable bonds is 3. The lowest BCUT2D eigenvalue weighted by molar-refractivity contribution is -0.104. The standard InChI is InChI=1S/C11H9BrO/c12-11(9-13)8-4-7-10-5-2-1-3-6-10/h1-9H/b7-4+,11-8-. The molecule has 0 heterocycles. The molecule has 0 N–H and O–H groups in total. The first kappa shape index (κ1) is 9.93. The van der Waals surface area contributed by atoms with E-state index in [1.165, 1.54) is 0 Å². The van der Waals surface area contributed by atoms with E-state index in [1.807, 2.05) is 42.5 Å². The Bertz CT molecular complexity index is 325. The number of halogens is 1. The Kier molecular flexibility index (Phi) is 4.19. The molecule has 13 heavy (non-hydrogen) atoms. The molecule has 0 saturated heterocycles. The fraction of sp³-hybridized carbons (Fsp3) is 0. The number of carbonyl (C=O) groups excluding carboxylic acids is 1. The van der Waals surface area contributed by atoms with Crippen LogP contribution in [0.1, 0.15) is 5.56 Å². The van der Waals surface area contributed by atoms with Gasteiger partial charge in [-0.25, -0.2) is 0 Å². The summed E-state index contributed by atoms with van der Waals surface area (Å²) in [5.74, 6) is 0. The van der Waals surface area contributed by atoms with Crippen molar-refractivity contribution in [3.8, 4) is 0 Å². The van der Waals surface area contributed by atoms with E-state index in [1.54, 1.807) is 6.08 Å². The first-order chi connectivity index (χ1) is 6.33. The summed E-state index contributed by atoms with van der Waals surface area (Å²) in [6.07, 6.45) is 6.23. The second-order valence-electron chi connectivity index (χ2n) is 2.44. The van der Waals surface area contributed by atoms with Crippen molar-refractivity contribution in [1.29, 1.82) is 0 Å². The molecule has 0 spiro atoms. The summed E-state index contributed by atoms with van der Waals surface area (Å²) in [4.78, 5) is 10.2. The second-order valence-corrected chi connectivity index (χ2v) is 3.35. The molecule has 66 valence electrons. The van der Waals surface area contributed by atoms with Gasteiger partial charge in [0, 0.05) is 0 Å². The predicted octanol–water partition coefficient (Wildman–Crippen LogP) is 3.18. The summed E-state index contributed by atoms with van der Waals surface area (Å²) in [5.41, 5.74) is 1.12. The first-order valence-electron chi connectivity index (χ1n) is 3.87. The molecule has 0 atom stereocenters. The van der Waals surface area contributed by atoms with Gasteiger partial charge in [-0.3, -0.25) is 4.79 Å². The average molecular weight is 237 g/mol.